The number of nitrogens with zero attached hydrogens (tertiary/aromatic N) is 1. The summed E-state index contributed by atoms with van der Waals surface area (Å²) in [5.74, 6) is 0.794. The van der Waals surface area contributed by atoms with E-state index in [1.54, 1.807) is 0 Å². The number of benzene rings is 1. The van der Waals surface area contributed by atoms with Crippen molar-refractivity contribution in [1.82, 2.24) is 10.5 Å². The highest BCUT2D eigenvalue weighted by atomic mass is 16.5. The van der Waals surface area contributed by atoms with Crippen molar-refractivity contribution in [2.24, 2.45) is 16.5 Å². The highest BCUT2D eigenvalue weighted by Gasteiger charge is 2.18. The molecule has 6 N–H and O–H groups in total. The molecule has 0 aliphatic heterocycles. The Morgan fingerprint density at radius 2 is 1.92 bits per heavy atom. The molecule has 1 aromatic carbocycles. The number of unbranched alkanes of at least 4 members (excludes halogenated alkanes) is 1. The van der Waals surface area contributed by atoms with Gasteiger partial charge in [0.25, 0.3) is 0 Å². The number of rotatable bonds is 11. The predicted octanol–water partition coefficient (Wildman–Crippen LogP) is 0.672. The molecule has 1 amide bonds. The van der Waals surface area contributed by atoms with Gasteiger partial charge in [-0.05, 0) is 51.2 Å². The van der Waals surface area contributed by atoms with Crippen molar-refractivity contribution in [1.29, 1.82) is 0 Å². The molecule has 26 heavy (non-hydrogen) atoms. The van der Waals surface area contributed by atoms with Crippen molar-refractivity contribution in [3.8, 4) is 5.75 Å². The van der Waals surface area contributed by atoms with Crippen LogP contribution in [0.15, 0.2) is 23.2 Å². The third-order valence-electron chi connectivity index (χ3n) is 3.99. The molecule has 0 aromatic heterocycles. The minimum atomic E-state index is -0.461. The quantitative estimate of drug-likeness (QED) is 0.201. The van der Waals surface area contributed by atoms with Gasteiger partial charge in [0.05, 0.1) is 12.1 Å². The molecular formula is C18H30BN5O2. The summed E-state index contributed by atoms with van der Waals surface area (Å²) in [5.41, 5.74) is 12.7. The second-order valence-electron chi connectivity index (χ2n) is 6.46. The Morgan fingerprint density at radius 3 is 2.50 bits per heavy atom. The van der Waals surface area contributed by atoms with Gasteiger partial charge in [0.2, 0.25) is 5.91 Å². The van der Waals surface area contributed by atoms with Gasteiger partial charge >= 0.3 is 0 Å². The van der Waals surface area contributed by atoms with Crippen LogP contribution in [0.2, 0.25) is 0 Å². The molecule has 1 rings (SSSR count). The van der Waals surface area contributed by atoms with Gasteiger partial charge in [-0.2, -0.15) is 0 Å². The van der Waals surface area contributed by atoms with Crippen LogP contribution < -0.4 is 26.7 Å². The molecule has 142 valence electrons. The Bertz CT molecular complexity index is 585. The molecule has 1 unspecified atom stereocenters. The monoisotopic (exact) mass is 359 g/mol. The summed E-state index contributed by atoms with van der Waals surface area (Å²) < 4.78 is 5.87. The molecule has 0 fully saturated rings. The van der Waals surface area contributed by atoms with Gasteiger partial charge in [0.1, 0.15) is 12.4 Å². The van der Waals surface area contributed by atoms with E-state index in [0.717, 1.165) is 29.7 Å². The number of amides is 1. The number of ether oxygens (including phenoxy) is 1. The number of aliphatic imine (C=N–C) groups is 1. The number of guanidine groups is 1. The van der Waals surface area contributed by atoms with E-state index >= 15 is 0 Å². The van der Waals surface area contributed by atoms with Crippen LogP contribution in [-0.4, -0.2) is 45.1 Å². The van der Waals surface area contributed by atoms with E-state index in [4.69, 9.17) is 24.2 Å². The van der Waals surface area contributed by atoms with Crippen LogP contribution in [0.25, 0.3) is 0 Å². The Labute approximate surface area is 157 Å². The zero-order valence-electron chi connectivity index (χ0n) is 15.9. The summed E-state index contributed by atoms with van der Waals surface area (Å²) in [6, 6.07) is 5.40. The normalized spacial score (nSPS) is 12.9. The lowest BCUT2D eigenvalue weighted by atomic mass is 10.1. The average Bonchev–Trinajstić information content (AvgIpc) is 2.57. The van der Waals surface area contributed by atoms with Crippen LogP contribution in [0, 0.1) is 13.8 Å². The summed E-state index contributed by atoms with van der Waals surface area (Å²) in [6.45, 7) is 6.84. The first-order valence-electron chi connectivity index (χ1n) is 8.86. The second kappa shape index (κ2) is 11.4. The minimum Gasteiger partial charge on any atom is -0.491 e. The number of nitrogens with two attached hydrogens (primary N) is 2. The van der Waals surface area contributed by atoms with E-state index < -0.39 is 6.04 Å². The van der Waals surface area contributed by atoms with Gasteiger partial charge in [0.15, 0.2) is 13.9 Å². The minimum absolute atomic E-state index is 0.0777. The van der Waals surface area contributed by atoms with Crippen molar-refractivity contribution in [2.75, 3.05) is 13.2 Å². The van der Waals surface area contributed by atoms with Gasteiger partial charge in [-0.15, -0.1) is 0 Å². The molecule has 7 nitrogen and oxygen atoms in total. The second-order valence-corrected chi connectivity index (χ2v) is 6.46. The third kappa shape index (κ3) is 7.78. The maximum absolute atomic E-state index is 12.3. The fourth-order valence-electron chi connectivity index (χ4n) is 2.58. The SMILES string of the molecule is [B]N[C@@H](CCCCN=C(N)N)C(=O)NC(C)COc1c(C)cccc1C. The van der Waals surface area contributed by atoms with Crippen LogP contribution in [0.3, 0.4) is 0 Å². The Balaban J connectivity index is 2.40. The lowest BCUT2D eigenvalue weighted by molar-refractivity contribution is -0.123. The van der Waals surface area contributed by atoms with Crippen LogP contribution in [0.4, 0.5) is 0 Å². The van der Waals surface area contributed by atoms with Crippen LogP contribution in [-0.2, 0) is 4.79 Å². The third-order valence-corrected chi connectivity index (χ3v) is 3.99. The molecule has 0 aliphatic carbocycles. The standard InChI is InChI=1S/C18H30BN5O2/c1-12-7-6-8-13(2)16(12)26-11-14(3)23-17(25)15(24-19)9-4-5-10-22-18(20)21/h6-8,14-15,24H,4-5,9-11H2,1-3H3,(H,23,25)(H4,20,21,22)/t14?,15-/m0/s1. The van der Waals surface area contributed by atoms with Crippen molar-refractivity contribution >= 4 is 19.8 Å². The van der Waals surface area contributed by atoms with E-state index in [0.29, 0.717) is 19.6 Å². The summed E-state index contributed by atoms with van der Waals surface area (Å²) in [5, 5.41) is 5.49. The van der Waals surface area contributed by atoms with Gasteiger partial charge in [-0.3, -0.25) is 9.79 Å². The molecule has 0 bridgehead atoms. The first kappa shape index (κ1) is 21.8. The summed E-state index contributed by atoms with van der Waals surface area (Å²) >= 11 is 0. The van der Waals surface area contributed by atoms with Crippen LogP contribution in [0.5, 0.6) is 5.75 Å². The fraction of sp³-hybridized carbons (Fsp3) is 0.556. The molecule has 0 saturated heterocycles. The number of aryl methyl sites for hydroxylation is 2. The predicted molar refractivity (Wildman–Crippen MR) is 106 cm³/mol. The van der Waals surface area contributed by atoms with Crippen molar-refractivity contribution < 1.29 is 9.53 Å². The highest BCUT2D eigenvalue weighted by Crippen LogP contribution is 2.22. The van der Waals surface area contributed by atoms with E-state index in [2.05, 4.69) is 15.5 Å². The molecule has 0 heterocycles. The zero-order valence-corrected chi connectivity index (χ0v) is 15.9. The molecule has 0 spiro atoms. The number of para-hydroxylation sites is 1. The average molecular weight is 359 g/mol. The van der Waals surface area contributed by atoms with Gasteiger partial charge in [-0.1, -0.05) is 18.2 Å². The van der Waals surface area contributed by atoms with Gasteiger partial charge in [-0.25, -0.2) is 0 Å². The summed E-state index contributed by atoms with van der Waals surface area (Å²) in [6.07, 6.45) is 2.17. The number of hydrogen-bond donors (Lipinski definition) is 4. The highest BCUT2D eigenvalue weighted by molar-refractivity contribution is 6.06. The Morgan fingerprint density at radius 1 is 1.27 bits per heavy atom. The van der Waals surface area contributed by atoms with Crippen LogP contribution >= 0.6 is 0 Å². The molecular weight excluding hydrogens is 329 g/mol. The molecule has 0 aliphatic rings. The number of hydrogen-bond acceptors (Lipinski definition) is 4. The number of carbonyl (C=O) groups excluding carboxylic acids is 1. The molecule has 2 radical (unpaired) electrons. The molecule has 8 heteroatoms. The topological polar surface area (TPSA) is 115 Å². The lowest BCUT2D eigenvalue weighted by Gasteiger charge is -2.21. The Hall–Kier alpha value is -2.22. The van der Waals surface area contributed by atoms with E-state index in [9.17, 15) is 4.79 Å². The number of carbonyl (C=O) groups is 1. The van der Waals surface area contributed by atoms with E-state index in [-0.39, 0.29) is 17.9 Å². The van der Waals surface area contributed by atoms with E-state index in [1.165, 1.54) is 0 Å². The Kier molecular flexibility index (Phi) is 9.58. The van der Waals surface area contributed by atoms with Crippen molar-refractivity contribution in [3.05, 3.63) is 29.3 Å². The maximum Gasteiger partial charge on any atom is 0.236 e. The van der Waals surface area contributed by atoms with Crippen molar-refractivity contribution in [3.63, 3.8) is 0 Å². The number of nitrogens with one attached hydrogen (secondary N) is 2. The maximum atomic E-state index is 12.3. The van der Waals surface area contributed by atoms with Gasteiger partial charge < -0.3 is 26.7 Å². The first-order chi connectivity index (χ1) is 12.3. The largest absolute Gasteiger partial charge is 0.491 e. The molecule has 2 atom stereocenters. The molecule has 0 saturated carbocycles. The fourth-order valence-corrected chi connectivity index (χ4v) is 2.58. The first-order valence-corrected chi connectivity index (χ1v) is 8.86. The van der Waals surface area contributed by atoms with Crippen LogP contribution in [0.1, 0.15) is 37.3 Å². The smallest absolute Gasteiger partial charge is 0.236 e. The van der Waals surface area contributed by atoms with Gasteiger partial charge in [0, 0.05) is 6.54 Å². The zero-order chi connectivity index (χ0) is 19.5. The lowest BCUT2D eigenvalue weighted by Crippen LogP contribution is -2.47. The van der Waals surface area contributed by atoms with Crippen molar-refractivity contribution in [2.45, 2.75) is 52.1 Å². The summed E-state index contributed by atoms with van der Waals surface area (Å²) in [7, 11) is 5.51. The molecule has 1 aromatic rings. The summed E-state index contributed by atoms with van der Waals surface area (Å²) in [4.78, 5) is 16.2. The van der Waals surface area contributed by atoms with E-state index in [1.807, 2.05) is 39.0 Å².